The van der Waals surface area contributed by atoms with Gasteiger partial charge in [0, 0.05) is 26.9 Å². The van der Waals surface area contributed by atoms with Gasteiger partial charge in [0.1, 0.15) is 5.01 Å². The number of hydrogen-bond donors (Lipinski definition) is 1. The van der Waals surface area contributed by atoms with Crippen molar-refractivity contribution in [2.75, 3.05) is 5.32 Å². The third-order valence-electron chi connectivity index (χ3n) is 4.20. The summed E-state index contributed by atoms with van der Waals surface area (Å²) in [6.45, 7) is 5.97. The first-order chi connectivity index (χ1) is 12.9. The zero-order chi connectivity index (χ0) is 19.4. The second kappa shape index (κ2) is 9.04. The van der Waals surface area contributed by atoms with E-state index in [1.807, 2.05) is 51.1 Å². The number of nitrogens with zero attached hydrogens (tertiary/aromatic N) is 1. The lowest BCUT2D eigenvalue weighted by molar-refractivity contribution is -0.115. The summed E-state index contributed by atoms with van der Waals surface area (Å²) in [7, 11) is 0. The van der Waals surface area contributed by atoms with Crippen molar-refractivity contribution in [2.45, 2.75) is 31.8 Å². The van der Waals surface area contributed by atoms with Gasteiger partial charge in [-0.25, -0.2) is 4.98 Å². The van der Waals surface area contributed by atoms with Crippen LogP contribution in [0.15, 0.2) is 52.3 Å². The van der Waals surface area contributed by atoms with Crippen molar-refractivity contribution < 1.29 is 4.79 Å². The quantitative estimate of drug-likeness (QED) is 0.459. The fourth-order valence-electron chi connectivity index (χ4n) is 2.65. The molecule has 1 atom stereocenters. The summed E-state index contributed by atoms with van der Waals surface area (Å²) in [6, 6.07) is 14.2. The molecular formula is C21H21BrN2OS2. The Kier molecular flexibility index (Phi) is 6.73. The third-order valence-corrected chi connectivity index (χ3v) is 6.81. The van der Waals surface area contributed by atoms with Gasteiger partial charge in [0.15, 0.2) is 0 Å². The first-order valence-electron chi connectivity index (χ1n) is 8.63. The van der Waals surface area contributed by atoms with Crippen LogP contribution >= 0.6 is 39.0 Å². The number of aryl methyl sites for hydroxylation is 2. The lowest BCUT2D eigenvalue weighted by Gasteiger charge is -2.15. The molecule has 0 fully saturated rings. The topological polar surface area (TPSA) is 42.0 Å². The summed E-state index contributed by atoms with van der Waals surface area (Å²) in [5.41, 5.74) is 5.19. The van der Waals surface area contributed by atoms with Crippen LogP contribution in [-0.2, 0) is 10.5 Å². The molecule has 3 aromatic rings. The van der Waals surface area contributed by atoms with Crippen LogP contribution in [-0.4, -0.2) is 16.1 Å². The number of thioether (sulfide) groups is 1. The largest absolute Gasteiger partial charge is 0.325 e. The van der Waals surface area contributed by atoms with Crippen LogP contribution in [0.3, 0.4) is 0 Å². The molecule has 0 saturated heterocycles. The first-order valence-corrected chi connectivity index (χ1v) is 11.3. The molecule has 1 amide bonds. The van der Waals surface area contributed by atoms with Gasteiger partial charge in [-0.1, -0.05) is 46.3 Å². The maximum Gasteiger partial charge on any atom is 0.237 e. The second-order valence-electron chi connectivity index (χ2n) is 6.36. The first kappa shape index (κ1) is 20.1. The minimum atomic E-state index is -0.153. The van der Waals surface area contributed by atoms with Crippen LogP contribution in [0, 0.1) is 13.8 Å². The average molecular weight is 461 g/mol. The Morgan fingerprint density at radius 2 is 1.93 bits per heavy atom. The number of nitrogens with one attached hydrogen (secondary N) is 1. The van der Waals surface area contributed by atoms with E-state index >= 15 is 0 Å². The molecule has 0 aliphatic heterocycles. The third kappa shape index (κ3) is 5.21. The van der Waals surface area contributed by atoms with Crippen molar-refractivity contribution >= 4 is 50.6 Å². The highest BCUT2D eigenvalue weighted by atomic mass is 79.9. The number of carbonyl (C=O) groups is 1. The van der Waals surface area contributed by atoms with E-state index in [4.69, 9.17) is 4.98 Å². The van der Waals surface area contributed by atoms with Gasteiger partial charge < -0.3 is 5.32 Å². The van der Waals surface area contributed by atoms with Crippen molar-refractivity contribution in [1.82, 2.24) is 4.98 Å². The monoisotopic (exact) mass is 460 g/mol. The van der Waals surface area contributed by atoms with E-state index in [2.05, 4.69) is 38.8 Å². The molecule has 1 aromatic heterocycles. The van der Waals surface area contributed by atoms with Crippen LogP contribution in [0.4, 0.5) is 5.69 Å². The van der Waals surface area contributed by atoms with Gasteiger partial charge in [0.25, 0.3) is 0 Å². The summed E-state index contributed by atoms with van der Waals surface area (Å²) >= 11 is 6.73. The highest BCUT2D eigenvalue weighted by molar-refractivity contribution is 9.10. The summed E-state index contributed by atoms with van der Waals surface area (Å²) in [5, 5.41) is 5.98. The number of carbonyl (C=O) groups excluding carboxylic acids is 1. The van der Waals surface area contributed by atoms with Crippen molar-refractivity contribution in [2.24, 2.45) is 0 Å². The molecule has 140 valence electrons. The molecule has 0 radical (unpaired) electrons. The SMILES string of the molecule is Cc1cccc(C)c1NC(=O)C(C)SCc1csc(-c2cccc(Br)c2)n1. The van der Waals surface area contributed by atoms with Crippen LogP contribution in [0.5, 0.6) is 0 Å². The van der Waals surface area contributed by atoms with Gasteiger partial charge in [0.2, 0.25) is 5.91 Å². The van der Waals surface area contributed by atoms with E-state index in [9.17, 15) is 4.79 Å². The van der Waals surface area contributed by atoms with Crippen molar-refractivity contribution in [1.29, 1.82) is 0 Å². The molecule has 0 spiro atoms. The lowest BCUT2D eigenvalue weighted by atomic mass is 10.1. The van der Waals surface area contributed by atoms with Gasteiger partial charge in [-0.3, -0.25) is 4.79 Å². The molecule has 2 aromatic carbocycles. The Balaban J connectivity index is 1.59. The van der Waals surface area contributed by atoms with Gasteiger partial charge in [-0.15, -0.1) is 23.1 Å². The maximum atomic E-state index is 12.5. The average Bonchev–Trinajstić information content (AvgIpc) is 3.12. The molecule has 6 heteroatoms. The summed E-state index contributed by atoms with van der Waals surface area (Å²) in [5.74, 6) is 0.742. The number of amides is 1. The van der Waals surface area contributed by atoms with Crippen molar-refractivity contribution in [3.05, 3.63) is 69.1 Å². The van der Waals surface area contributed by atoms with Gasteiger partial charge in [-0.05, 0) is 44.0 Å². The molecule has 1 unspecified atom stereocenters. The van der Waals surface area contributed by atoms with Crippen LogP contribution in [0.1, 0.15) is 23.7 Å². The fourth-order valence-corrected chi connectivity index (χ4v) is 4.75. The highest BCUT2D eigenvalue weighted by Crippen LogP contribution is 2.28. The number of aromatic nitrogens is 1. The second-order valence-corrected chi connectivity index (χ2v) is 9.47. The molecule has 0 bridgehead atoms. The Morgan fingerprint density at radius 1 is 1.22 bits per heavy atom. The van der Waals surface area contributed by atoms with Gasteiger partial charge >= 0.3 is 0 Å². The van der Waals surface area contributed by atoms with E-state index in [0.717, 1.165) is 37.6 Å². The van der Waals surface area contributed by atoms with E-state index < -0.39 is 0 Å². The smallest absolute Gasteiger partial charge is 0.237 e. The number of benzene rings is 2. The Hall–Kier alpha value is -1.63. The standard InChI is InChI=1S/C21H21BrN2OS2/c1-13-6-4-7-14(2)19(13)24-20(25)15(3)26-11-18-12-27-21(23-18)16-8-5-9-17(22)10-16/h4-10,12,15H,11H2,1-3H3,(H,24,25). The zero-order valence-electron chi connectivity index (χ0n) is 15.5. The van der Waals surface area contributed by atoms with Gasteiger partial charge in [-0.2, -0.15) is 0 Å². The lowest BCUT2D eigenvalue weighted by Crippen LogP contribution is -2.23. The minimum Gasteiger partial charge on any atom is -0.325 e. The fraction of sp³-hybridized carbons (Fsp3) is 0.238. The number of rotatable bonds is 6. The van der Waals surface area contributed by atoms with Gasteiger partial charge in [0.05, 0.1) is 10.9 Å². The number of hydrogen-bond acceptors (Lipinski definition) is 4. The molecule has 27 heavy (non-hydrogen) atoms. The predicted octanol–water partition coefficient (Wildman–Crippen LogP) is 6.45. The molecule has 0 aliphatic carbocycles. The number of thiazole rings is 1. The maximum absolute atomic E-state index is 12.5. The molecule has 0 aliphatic rings. The Labute approximate surface area is 176 Å². The summed E-state index contributed by atoms with van der Waals surface area (Å²) < 4.78 is 1.04. The number of halogens is 1. The minimum absolute atomic E-state index is 0.0276. The molecule has 1 heterocycles. The highest BCUT2D eigenvalue weighted by Gasteiger charge is 2.16. The van der Waals surface area contributed by atoms with Crippen LogP contribution in [0.25, 0.3) is 10.6 Å². The van der Waals surface area contributed by atoms with Crippen LogP contribution in [0.2, 0.25) is 0 Å². The molecule has 3 rings (SSSR count). The van der Waals surface area contributed by atoms with E-state index in [0.29, 0.717) is 5.75 Å². The summed E-state index contributed by atoms with van der Waals surface area (Å²) in [6.07, 6.45) is 0. The predicted molar refractivity (Wildman–Crippen MR) is 121 cm³/mol. The number of anilines is 1. The van der Waals surface area contributed by atoms with Crippen molar-refractivity contribution in [3.8, 4) is 10.6 Å². The van der Waals surface area contributed by atoms with E-state index in [1.165, 1.54) is 0 Å². The van der Waals surface area contributed by atoms with E-state index in [1.54, 1.807) is 23.1 Å². The van der Waals surface area contributed by atoms with E-state index in [-0.39, 0.29) is 11.2 Å². The Morgan fingerprint density at radius 3 is 2.63 bits per heavy atom. The Bertz CT molecular complexity index is 935. The number of para-hydroxylation sites is 1. The normalized spacial score (nSPS) is 12.0. The molecular weight excluding hydrogens is 440 g/mol. The molecule has 1 N–H and O–H groups in total. The molecule has 0 saturated carbocycles. The summed E-state index contributed by atoms with van der Waals surface area (Å²) in [4.78, 5) is 17.3. The van der Waals surface area contributed by atoms with Crippen molar-refractivity contribution in [3.63, 3.8) is 0 Å². The molecule has 3 nitrogen and oxygen atoms in total. The van der Waals surface area contributed by atoms with Crippen LogP contribution < -0.4 is 5.32 Å². The zero-order valence-corrected chi connectivity index (χ0v) is 18.7.